The predicted molar refractivity (Wildman–Crippen MR) is 97.7 cm³/mol. The number of carbonyl (C=O) groups is 1. The molecule has 0 fully saturated rings. The van der Waals surface area contributed by atoms with Gasteiger partial charge in [-0.3, -0.25) is 9.20 Å². The highest BCUT2D eigenvalue weighted by Crippen LogP contribution is 2.18. The zero-order chi connectivity index (χ0) is 18.8. The Kier molecular flexibility index (Phi) is 4.37. The number of fused-ring (bicyclic) bond motifs is 1. The van der Waals surface area contributed by atoms with E-state index in [0.717, 1.165) is 11.1 Å². The first-order chi connectivity index (χ1) is 13.1. The molecule has 136 valence electrons. The molecule has 0 bridgehead atoms. The van der Waals surface area contributed by atoms with Crippen LogP contribution in [-0.2, 0) is 11.2 Å². The summed E-state index contributed by atoms with van der Waals surface area (Å²) < 4.78 is 6.97. The molecule has 0 saturated carbocycles. The zero-order valence-corrected chi connectivity index (χ0v) is 15.0. The zero-order valence-electron chi connectivity index (χ0n) is 15.0. The Morgan fingerprint density at radius 1 is 1.19 bits per heavy atom. The molecule has 0 spiro atoms. The fourth-order valence-corrected chi connectivity index (χ4v) is 2.86. The van der Waals surface area contributed by atoms with Crippen molar-refractivity contribution < 1.29 is 9.32 Å². The van der Waals surface area contributed by atoms with Crippen molar-refractivity contribution in [2.75, 3.05) is 0 Å². The van der Waals surface area contributed by atoms with Gasteiger partial charge < -0.3 is 9.84 Å². The minimum atomic E-state index is -0.125. The molecule has 3 aromatic heterocycles. The average Bonchev–Trinajstić information content (AvgIpc) is 3.28. The van der Waals surface area contributed by atoms with Gasteiger partial charge in [-0.15, -0.1) is 10.2 Å². The third-order valence-electron chi connectivity index (χ3n) is 4.24. The molecule has 27 heavy (non-hydrogen) atoms. The molecule has 0 aliphatic carbocycles. The second kappa shape index (κ2) is 6.99. The van der Waals surface area contributed by atoms with Gasteiger partial charge in [-0.25, -0.2) is 0 Å². The fourth-order valence-electron chi connectivity index (χ4n) is 2.86. The predicted octanol–water partition coefficient (Wildman–Crippen LogP) is 2.51. The highest BCUT2D eigenvalue weighted by atomic mass is 16.5. The summed E-state index contributed by atoms with van der Waals surface area (Å²) in [5.74, 6) is 1.39. The number of hydrogen-bond donors (Lipinski definition) is 1. The summed E-state index contributed by atoms with van der Waals surface area (Å²) in [4.78, 5) is 16.7. The average molecular weight is 362 g/mol. The first kappa shape index (κ1) is 16.9. The lowest BCUT2D eigenvalue weighted by atomic mass is 10.1. The van der Waals surface area contributed by atoms with E-state index in [1.807, 2.05) is 43.3 Å². The van der Waals surface area contributed by atoms with Crippen molar-refractivity contribution in [2.24, 2.45) is 0 Å². The van der Waals surface area contributed by atoms with E-state index in [1.54, 1.807) is 23.6 Å². The molecule has 1 amide bonds. The molecule has 8 nitrogen and oxygen atoms in total. The normalized spacial score (nSPS) is 12.2. The molecule has 1 atom stereocenters. The Morgan fingerprint density at radius 2 is 2.00 bits per heavy atom. The summed E-state index contributed by atoms with van der Waals surface area (Å²) in [6, 6.07) is 13.4. The van der Waals surface area contributed by atoms with E-state index < -0.39 is 0 Å². The number of amides is 1. The highest BCUT2D eigenvalue weighted by molar-refractivity contribution is 5.78. The molecule has 0 aliphatic heterocycles. The first-order valence-corrected chi connectivity index (χ1v) is 8.59. The van der Waals surface area contributed by atoms with Crippen molar-refractivity contribution in [1.29, 1.82) is 0 Å². The van der Waals surface area contributed by atoms with E-state index in [4.69, 9.17) is 4.52 Å². The monoisotopic (exact) mass is 362 g/mol. The van der Waals surface area contributed by atoms with Crippen LogP contribution in [-0.4, -0.2) is 30.6 Å². The van der Waals surface area contributed by atoms with Crippen LogP contribution in [0.5, 0.6) is 0 Å². The van der Waals surface area contributed by atoms with Gasteiger partial charge in [0.1, 0.15) is 5.82 Å². The van der Waals surface area contributed by atoms with Crippen LogP contribution < -0.4 is 5.32 Å². The first-order valence-electron chi connectivity index (χ1n) is 8.59. The van der Waals surface area contributed by atoms with Gasteiger partial charge in [0.25, 0.3) is 5.89 Å². The summed E-state index contributed by atoms with van der Waals surface area (Å²) in [6.45, 7) is 3.71. The molecule has 0 radical (unpaired) electrons. The van der Waals surface area contributed by atoms with Gasteiger partial charge in [0.2, 0.25) is 5.91 Å². The minimum absolute atomic E-state index is 0.0881. The van der Waals surface area contributed by atoms with Crippen molar-refractivity contribution in [3.05, 3.63) is 65.9 Å². The van der Waals surface area contributed by atoms with Crippen LogP contribution in [0.3, 0.4) is 0 Å². The van der Waals surface area contributed by atoms with Crippen LogP contribution in [0, 0.1) is 6.92 Å². The molecule has 0 unspecified atom stereocenters. The van der Waals surface area contributed by atoms with Gasteiger partial charge in [0.15, 0.2) is 11.5 Å². The van der Waals surface area contributed by atoms with E-state index in [1.165, 1.54) is 0 Å². The maximum absolute atomic E-state index is 12.5. The van der Waals surface area contributed by atoms with Gasteiger partial charge in [-0.2, -0.15) is 4.98 Å². The lowest BCUT2D eigenvalue weighted by Crippen LogP contribution is -2.28. The van der Waals surface area contributed by atoms with Crippen molar-refractivity contribution in [2.45, 2.75) is 26.3 Å². The largest absolute Gasteiger partial charge is 0.349 e. The fraction of sp³-hybridized carbons (Fsp3) is 0.211. The lowest BCUT2D eigenvalue weighted by Gasteiger charge is -2.13. The molecule has 3 heterocycles. The van der Waals surface area contributed by atoms with Gasteiger partial charge in [0, 0.05) is 6.20 Å². The van der Waals surface area contributed by atoms with Crippen molar-refractivity contribution in [3.63, 3.8) is 0 Å². The molecule has 1 aromatic carbocycles. The highest BCUT2D eigenvalue weighted by Gasteiger charge is 2.15. The van der Waals surface area contributed by atoms with Crippen molar-refractivity contribution in [3.8, 4) is 11.5 Å². The van der Waals surface area contributed by atoms with Crippen LogP contribution in [0.4, 0.5) is 0 Å². The summed E-state index contributed by atoms with van der Waals surface area (Å²) in [7, 11) is 0. The number of hydrogen-bond acceptors (Lipinski definition) is 6. The van der Waals surface area contributed by atoms with E-state index in [0.29, 0.717) is 23.2 Å². The van der Waals surface area contributed by atoms with Gasteiger partial charge in [0.05, 0.1) is 18.0 Å². The molecule has 8 heteroatoms. The Hall–Kier alpha value is -3.55. The summed E-state index contributed by atoms with van der Waals surface area (Å²) in [6.07, 6.45) is 1.91. The lowest BCUT2D eigenvalue weighted by molar-refractivity contribution is -0.121. The number of aryl methyl sites for hydroxylation is 1. The molecular weight excluding hydrogens is 344 g/mol. The topological polar surface area (TPSA) is 98.2 Å². The number of pyridine rings is 1. The van der Waals surface area contributed by atoms with Crippen LogP contribution in [0.25, 0.3) is 17.1 Å². The summed E-state index contributed by atoms with van der Waals surface area (Å²) in [5.41, 5.74) is 2.43. The standard InChI is InChI=1S/C19H18N6O2/c1-12(14-6-4-3-5-7-14)20-18(26)10-17-23-22-16-9-8-15(11-25(16)17)19-21-13(2)24-27-19/h3-9,11-12H,10H2,1-2H3,(H,20,26)/t12-/m0/s1. The maximum Gasteiger partial charge on any atom is 0.259 e. The minimum Gasteiger partial charge on any atom is -0.349 e. The van der Waals surface area contributed by atoms with Crippen LogP contribution in [0.2, 0.25) is 0 Å². The van der Waals surface area contributed by atoms with E-state index in [9.17, 15) is 4.79 Å². The second-order valence-electron chi connectivity index (χ2n) is 6.29. The van der Waals surface area contributed by atoms with Gasteiger partial charge in [-0.1, -0.05) is 35.5 Å². The van der Waals surface area contributed by atoms with E-state index in [-0.39, 0.29) is 18.4 Å². The quantitative estimate of drug-likeness (QED) is 0.586. The smallest absolute Gasteiger partial charge is 0.259 e. The molecule has 0 aliphatic rings. The third kappa shape index (κ3) is 3.55. The molecule has 4 aromatic rings. The molecule has 1 N–H and O–H groups in total. The SMILES string of the molecule is Cc1noc(-c2ccc3nnc(CC(=O)N[C@@H](C)c4ccccc4)n3c2)n1. The van der Waals surface area contributed by atoms with Crippen LogP contribution >= 0.6 is 0 Å². The second-order valence-corrected chi connectivity index (χ2v) is 6.29. The number of nitrogens with one attached hydrogen (secondary N) is 1. The number of carbonyl (C=O) groups excluding carboxylic acids is 1. The summed E-state index contributed by atoms with van der Waals surface area (Å²) >= 11 is 0. The number of nitrogens with zero attached hydrogens (tertiary/aromatic N) is 5. The Bertz CT molecular complexity index is 1090. The Morgan fingerprint density at radius 3 is 2.74 bits per heavy atom. The Labute approximate surface area is 155 Å². The van der Waals surface area contributed by atoms with Crippen LogP contribution in [0.1, 0.15) is 30.2 Å². The molecule has 0 saturated heterocycles. The molecule has 4 rings (SSSR count). The Balaban J connectivity index is 1.54. The van der Waals surface area contributed by atoms with Gasteiger partial charge in [-0.05, 0) is 31.5 Å². The van der Waals surface area contributed by atoms with Crippen molar-refractivity contribution >= 4 is 11.6 Å². The maximum atomic E-state index is 12.5. The van der Waals surface area contributed by atoms with Gasteiger partial charge >= 0.3 is 0 Å². The third-order valence-corrected chi connectivity index (χ3v) is 4.24. The molecular formula is C19H18N6O2. The number of benzene rings is 1. The number of rotatable bonds is 5. The summed E-state index contributed by atoms with van der Waals surface area (Å²) in [5, 5.41) is 15.0. The van der Waals surface area contributed by atoms with E-state index >= 15 is 0 Å². The van der Waals surface area contributed by atoms with E-state index in [2.05, 4.69) is 25.7 Å². The van der Waals surface area contributed by atoms with Crippen molar-refractivity contribution in [1.82, 2.24) is 30.1 Å². The number of aromatic nitrogens is 5. The van der Waals surface area contributed by atoms with Crippen LogP contribution in [0.15, 0.2) is 53.2 Å².